The maximum absolute atomic E-state index is 8.59. The molecule has 5 nitrogen and oxygen atoms in total. The Kier molecular flexibility index (Phi) is 7.69. The lowest BCUT2D eigenvalue weighted by Gasteiger charge is -2.17. The molecule has 0 aromatic heterocycles. The Hall–Kier alpha value is -1.59. The average Bonchev–Trinajstić information content (AvgIpc) is 2.50. The van der Waals surface area contributed by atoms with Gasteiger partial charge in [-0.1, -0.05) is 43.3 Å². The van der Waals surface area contributed by atoms with Gasteiger partial charge in [0.25, 0.3) is 0 Å². The van der Waals surface area contributed by atoms with E-state index < -0.39 is 0 Å². The molecule has 5 heteroatoms. The molecule has 1 rings (SSSR count). The van der Waals surface area contributed by atoms with Gasteiger partial charge in [-0.2, -0.15) is 0 Å². The van der Waals surface area contributed by atoms with E-state index in [0.29, 0.717) is 0 Å². The van der Waals surface area contributed by atoms with Gasteiger partial charge >= 0.3 is 0 Å². The van der Waals surface area contributed by atoms with Crippen LogP contribution in [0.1, 0.15) is 31.4 Å². The molecule has 0 atom stereocenters. The molecular formula is C15H26N4O. The Morgan fingerprint density at radius 2 is 1.90 bits per heavy atom. The number of amidine groups is 1. The van der Waals surface area contributed by atoms with E-state index >= 15 is 0 Å². The Balaban J connectivity index is 2.25. The van der Waals surface area contributed by atoms with Crippen molar-refractivity contribution in [1.29, 1.82) is 0 Å². The maximum atomic E-state index is 8.59. The molecule has 0 bridgehead atoms. The first kappa shape index (κ1) is 16.5. The van der Waals surface area contributed by atoms with Crippen LogP contribution < -0.4 is 11.1 Å². The largest absolute Gasteiger partial charge is 0.409 e. The van der Waals surface area contributed by atoms with Gasteiger partial charge in [0.1, 0.15) is 0 Å². The highest BCUT2D eigenvalue weighted by Gasteiger charge is 2.00. The predicted molar refractivity (Wildman–Crippen MR) is 83.1 cm³/mol. The van der Waals surface area contributed by atoms with Crippen molar-refractivity contribution in [1.82, 2.24) is 10.2 Å². The molecule has 0 aliphatic rings. The van der Waals surface area contributed by atoms with Crippen molar-refractivity contribution in [2.75, 3.05) is 26.2 Å². The van der Waals surface area contributed by atoms with E-state index in [4.69, 9.17) is 10.9 Å². The lowest BCUT2D eigenvalue weighted by atomic mass is 10.1. The third-order valence-corrected chi connectivity index (χ3v) is 3.41. The molecule has 112 valence electrons. The van der Waals surface area contributed by atoms with Gasteiger partial charge in [-0.05, 0) is 38.2 Å². The molecule has 0 radical (unpaired) electrons. The van der Waals surface area contributed by atoms with Gasteiger partial charge in [-0.3, -0.25) is 0 Å². The van der Waals surface area contributed by atoms with Crippen LogP contribution in [-0.2, 0) is 6.54 Å². The zero-order valence-electron chi connectivity index (χ0n) is 12.5. The van der Waals surface area contributed by atoms with Crippen LogP contribution in [0.15, 0.2) is 29.4 Å². The van der Waals surface area contributed by atoms with Crippen molar-refractivity contribution in [3.05, 3.63) is 35.4 Å². The van der Waals surface area contributed by atoms with Gasteiger partial charge in [0.05, 0.1) is 0 Å². The van der Waals surface area contributed by atoms with Crippen LogP contribution in [0.2, 0.25) is 0 Å². The third kappa shape index (κ3) is 5.59. The van der Waals surface area contributed by atoms with Crippen LogP contribution in [0, 0.1) is 0 Å². The van der Waals surface area contributed by atoms with Gasteiger partial charge in [-0.15, -0.1) is 0 Å². The fourth-order valence-electron chi connectivity index (χ4n) is 2.05. The average molecular weight is 278 g/mol. The number of hydrogen-bond acceptors (Lipinski definition) is 4. The maximum Gasteiger partial charge on any atom is 0.170 e. The van der Waals surface area contributed by atoms with Crippen molar-refractivity contribution in [3.63, 3.8) is 0 Å². The zero-order valence-corrected chi connectivity index (χ0v) is 12.5. The second kappa shape index (κ2) is 9.34. The molecule has 20 heavy (non-hydrogen) atoms. The normalized spacial score (nSPS) is 12.1. The summed E-state index contributed by atoms with van der Waals surface area (Å²) in [6.45, 7) is 9.62. The van der Waals surface area contributed by atoms with Crippen molar-refractivity contribution in [2.24, 2.45) is 10.9 Å². The molecular weight excluding hydrogens is 252 g/mol. The van der Waals surface area contributed by atoms with Gasteiger partial charge in [-0.25, -0.2) is 0 Å². The summed E-state index contributed by atoms with van der Waals surface area (Å²) in [5, 5.41) is 15.0. The summed E-state index contributed by atoms with van der Waals surface area (Å²) in [5.41, 5.74) is 7.45. The van der Waals surface area contributed by atoms with Crippen molar-refractivity contribution >= 4 is 5.84 Å². The van der Waals surface area contributed by atoms with E-state index in [1.54, 1.807) is 0 Å². The highest BCUT2D eigenvalue weighted by atomic mass is 16.4. The molecule has 0 amide bonds. The van der Waals surface area contributed by atoms with E-state index in [1.165, 1.54) is 5.56 Å². The Morgan fingerprint density at radius 1 is 1.25 bits per heavy atom. The summed E-state index contributed by atoms with van der Waals surface area (Å²) in [6.07, 6.45) is 1.16. The molecule has 1 aromatic carbocycles. The van der Waals surface area contributed by atoms with E-state index in [0.717, 1.165) is 44.7 Å². The first-order valence-electron chi connectivity index (χ1n) is 7.21. The third-order valence-electron chi connectivity index (χ3n) is 3.41. The highest BCUT2D eigenvalue weighted by molar-refractivity contribution is 5.96. The van der Waals surface area contributed by atoms with Crippen LogP contribution in [0.5, 0.6) is 0 Å². The number of oxime groups is 1. The fourth-order valence-corrected chi connectivity index (χ4v) is 2.05. The number of rotatable bonds is 9. The molecule has 0 fully saturated rings. The number of nitrogens with two attached hydrogens (primary N) is 1. The number of benzene rings is 1. The van der Waals surface area contributed by atoms with Crippen LogP contribution in [-0.4, -0.2) is 42.1 Å². The molecule has 0 aliphatic heterocycles. The molecule has 0 saturated heterocycles. The van der Waals surface area contributed by atoms with E-state index in [2.05, 4.69) is 29.2 Å². The van der Waals surface area contributed by atoms with Gasteiger partial charge < -0.3 is 21.2 Å². The monoisotopic (exact) mass is 278 g/mol. The first-order chi connectivity index (χ1) is 9.71. The second-order valence-corrected chi connectivity index (χ2v) is 4.74. The van der Waals surface area contributed by atoms with Crippen LogP contribution >= 0.6 is 0 Å². The van der Waals surface area contributed by atoms with Crippen molar-refractivity contribution < 1.29 is 5.21 Å². The van der Waals surface area contributed by atoms with E-state index in [1.807, 2.05) is 24.3 Å². The smallest absolute Gasteiger partial charge is 0.170 e. The number of hydrogen-bond donors (Lipinski definition) is 3. The summed E-state index contributed by atoms with van der Waals surface area (Å²) in [5.74, 6) is 0.142. The summed E-state index contributed by atoms with van der Waals surface area (Å²) in [6, 6.07) is 7.71. The van der Waals surface area contributed by atoms with E-state index in [9.17, 15) is 0 Å². The molecule has 0 heterocycles. The molecule has 0 unspecified atom stereocenters. The van der Waals surface area contributed by atoms with Crippen LogP contribution in [0.3, 0.4) is 0 Å². The molecule has 1 aromatic rings. The second-order valence-electron chi connectivity index (χ2n) is 4.74. The van der Waals surface area contributed by atoms with Gasteiger partial charge in [0.15, 0.2) is 5.84 Å². The highest BCUT2D eigenvalue weighted by Crippen LogP contribution is 2.04. The topological polar surface area (TPSA) is 73.9 Å². The summed E-state index contributed by atoms with van der Waals surface area (Å²) in [4.78, 5) is 2.42. The summed E-state index contributed by atoms with van der Waals surface area (Å²) >= 11 is 0. The summed E-state index contributed by atoms with van der Waals surface area (Å²) < 4.78 is 0. The van der Waals surface area contributed by atoms with Crippen LogP contribution in [0.25, 0.3) is 0 Å². The standard InChI is InChI=1S/C15H26N4O/c1-3-19(4-2)11-5-10-17-12-13-6-8-14(9-7-13)15(16)18-20/h6-9,17,20H,3-5,10-12H2,1-2H3,(H2,16,18). The summed E-state index contributed by atoms with van der Waals surface area (Å²) in [7, 11) is 0. The Bertz CT molecular complexity index is 399. The van der Waals surface area contributed by atoms with E-state index in [-0.39, 0.29) is 5.84 Å². The fraction of sp³-hybridized carbons (Fsp3) is 0.533. The Morgan fingerprint density at radius 3 is 2.45 bits per heavy atom. The molecule has 0 aliphatic carbocycles. The minimum absolute atomic E-state index is 0.142. The molecule has 0 saturated carbocycles. The lowest BCUT2D eigenvalue weighted by molar-refractivity contribution is 0.298. The number of nitrogens with one attached hydrogen (secondary N) is 1. The lowest BCUT2D eigenvalue weighted by Crippen LogP contribution is -2.27. The van der Waals surface area contributed by atoms with Crippen LogP contribution in [0.4, 0.5) is 0 Å². The predicted octanol–water partition coefficient (Wildman–Crippen LogP) is 1.60. The number of nitrogens with zero attached hydrogens (tertiary/aromatic N) is 2. The van der Waals surface area contributed by atoms with Crippen molar-refractivity contribution in [3.8, 4) is 0 Å². The quantitative estimate of drug-likeness (QED) is 0.211. The van der Waals surface area contributed by atoms with Gasteiger partial charge in [0, 0.05) is 12.1 Å². The SMILES string of the molecule is CCN(CC)CCCNCc1ccc(C(N)=NO)cc1. The van der Waals surface area contributed by atoms with Gasteiger partial charge in [0.2, 0.25) is 0 Å². The first-order valence-corrected chi connectivity index (χ1v) is 7.21. The molecule has 0 spiro atoms. The zero-order chi connectivity index (χ0) is 14.8. The minimum Gasteiger partial charge on any atom is -0.409 e. The molecule has 4 N–H and O–H groups in total. The van der Waals surface area contributed by atoms with Crippen molar-refractivity contribution in [2.45, 2.75) is 26.8 Å². The minimum atomic E-state index is 0.142. The Labute approximate surface area is 121 Å².